The number of fused-ring (bicyclic) bond motifs is 1. The highest BCUT2D eigenvalue weighted by Gasteiger charge is 2.21. The molecule has 0 amide bonds. The van der Waals surface area contributed by atoms with Crippen LogP contribution in [0.4, 0.5) is 0 Å². The van der Waals surface area contributed by atoms with E-state index in [-0.39, 0.29) is 10.8 Å². The summed E-state index contributed by atoms with van der Waals surface area (Å²) >= 11 is 1.50. The molecular formula is C27H25N5O2S. The van der Waals surface area contributed by atoms with Crippen LogP contribution in [0.2, 0.25) is 0 Å². The van der Waals surface area contributed by atoms with Crippen LogP contribution in [-0.2, 0) is 0 Å². The van der Waals surface area contributed by atoms with Crippen molar-refractivity contribution >= 4 is 22.7 Å². The van der Waals surface area contributed by atoms with Gasteiger partial charge in [0.05, 0.1) is 22.8 Å². The lowest BCUT2D eigenvalue weighted by molar-refractivity contribution is 0.340. The first-order valence-corrected chi connectivity index (χ1v) is 12.3. The number of rotatable bonds is 7. The molecule has 7 nitrogen and oxygen atoms in total. The number of benzene rings is 3. The third-order valence-corrected chi connectivity index (χ3v) is 6.67. The smallest absolute Gasteiger partial charge is 0.258 e. The predicted octanol–water partition coefficient (Wildman–Crippen LogP) is 5.73. The summed E-state index contributed by atoms with van der Waals surface area (Å²) in [5.74, 6) is 2.14. The van der Waals surface area contributed by atoms with Crippen LogP contribution in [-0.4, -0.2) is 31.3 Å². The molecule has 0 radical (unpaired) electrons. The number of ether oxygens (including phenoxy) is 1. The Balaban J connectivity index is 1.56. The molecule has 0 saturated carbocycles. The van der Waals surface area contributed by atoms with E-state index in [1.54, 1.807) is 6.07 Å². The molecule has 2 heterocycles. The van der Waals surface area contributed by atoms with E-state index >= 15 is 0 Å². The molecule has 2 aromatic heterocycles. The van der Waals surface area contributed by atoms with Crippen molar-refractivity contribution in [3.05, 3.63) is 94.5 Å². The van der Waals surface area contributed by atoms with Crippen LogP contribution in [0, 0.1) is 6.92 Å². The van der Waals surface area contributed by atoms with Gasteiger partial charge < -0.3 is 9.72 Å². The minimum Gasteiger partial charge on any atom is -0.494 e. The Morgan fingerprint density at radius 2 is 1.83 bits per heavy atom. The van der Waals surface area contributed by atoms with Gasteiger partial charge in [-0.15, -0.1) is 10.2 Å². The predicted molar refractivity (Wildman–Crippen MR) is 139 cm³/mol. The van der Waals surface area contributed by atoms with E-state index in [9.17, 15) is 4.79 Å². The van der Waals surface area contributed by atoms with Crippen molar-refractivity contribution in [2.75, 3.05) is 6.61 Å². The second kappa shape index (κ2) is 9.76. The highest BCUT2D eigenvalue weighted by molar-refractivity contribution is 7.99. The molecule has 8 heteroatoms. The Kier molecular flexibility index (Phi) is 6.37. The number of para-hydroxylation sites is 1. The van der Waals surface area contributed by atoms with E-state index in [1.165, 1.54) is 11.8 Å². The van der Waals surface area contributed by atoms with Crippen molar-refractivity contribution in [2.45, 2.75) is 31.2 Å². The minimum atomic E-state index is -0.164. The molecule has 0 spiro atoms. The van der Waals surface area contributed by atoms with E-state index in [1.807, 2.05) is 73.0 Å². The number of thioether (sulfide) groups is 1. The lowest BCUT2D eigenvalue weighted by Crippen LogP contribution is -2.13. The molecule has 0 aliphatic rings. The average Bonchev–Trinajstić information content (AvgIpc) is 3.28. The van der Waals surface area contributed by atoms with Gasteiger partial charge in [-0.3, -0.25) is 9.36 Å². The highest BCUT2D eigenvalue weighted by atomic mass is 32.2. The maximum absolute atomic E-state index is 12.6. The first-order valence-electron chi connectivity index (χ1n) is 11.4. The third kappa shape index (κ3) is 4.70. The van der Waals surface area contributed by atoms with E-state index in [4.69, 9.17) is 9.72 Å². The van der Waals surface area contributed by atoms with Gasteiger partial charge in [0, 0.05) is 11.3 Å². The maximum Gasteiger partial charge on any atom is 0.258 e. The fourth-order valence-electron chi connectivity index (χ4n) is 3.92. The van der Waals surface area contributed by atoms with Crippen LogP contribution in [0.5, 0.6) is 5.75 Å². The number of hydrogen-bond acceptors (Lipinski definition) is 6. The summed E-state index contributed by atoms with van der Waals surface area (Å²) in [7, 11) is 0. The van der Waals surface area contributed by atoms with Crippen LogP contribution in [0.3, 0.4) is 0 Å². The lowest BCUT2D eigenvalue weighted by Gasteiger charge is -2.14. The van der Waals surface area contributed by atoms with E-state index < -0.39 is 0 Å². The Labute approximate surface area is 207 Å². The van der Waals surface area contributed by atoms with Crippen molar-refractivity contribution in [2.24, 2.45) is 0 Å². The van der Waals surface area contributed by atoms with Crippen molar-refractivity contribution < 1.29 is 4.74 Å². The fraction of sp³-hybridized carbons (Fsp3) is 0.185. The normalized spacial score (nSPS) is 12.1. The van der Waals surface area contributed by atoms with Gasteiger partial charge >= 0.3 is 0 Å². The van der Waals surface area contributed by atoms with Gasteiger partial charge in [-0.1, -0.05) is 47.7 Å². The topological polar surface area (TPSA) is 85.7 Å². The van der Waals surface area contributed by atoms with Crippen molar-refractivity contribution in [3.8, 4) is 22.8 Å². The van der Waals surface area contributed by atoms with E-state index in [0.29, 0.717) is 28.5 Å². The van der Waals surface area contributed by atoms with Crippen molar-refractivity contribution in [3.63, 3.8) is 0 Å². The third-order valence-electron chi connectivity index (χ3n) is 5.61. The Morgan fingerprint density at radius 3 is 2.60 bits per heavy atom. The molecule has 0 saturated heterocycles. The zero-order valence-corrected chi connectivity index (χ0v) is 20.5. The summed E-state index contributed by atoms with van der Waals surface area (Å²) < 4.78 is 7.65. The summed E-state index contributed by atoms with van der Waals surface area (Å²) in [6.07, 6.45) is 0. The number of nitrogens with one attached hydrogen (secondary N) is 1. The van der Waals surface area contributed by atoms with Crippen molar-refractivity contribution in [1.82, 2.24) is 24.7 Å². The Bertz CT molecular complexity index is 1540. The molecule has 0 bridgehead atoms. The number of aromatic nitrogens is 5. The minimum absolute atomic E-state index is 0.147. The molecule has 5 rings (SSSR count). The number of hydrogen-bond donors (Lipinski definition) is 1. The lowest BCUT2D eigenvalue weighted by atomic mass is 10.1. The number of aromatic amines is 1. The number of H-pyrrole nitrogens is 1. The van der Waals surface area contributed by atoms with E-state index in [2.05, 4.69) is 34.2 Å². The summed E-state index contributed by atoms with van der Waals surface area (Å²) in [5, 5.41) is 10.2. The monoisotopic (exact) mass is 483 g/mol. The maximum atomic E-state index is 12.6. The van der Waals surface area contributed by atoms with Gasteiger partial charge in [0.1, 0.15) is 11.6 Å². The van der Waals surface area contributed by atoms with Crippen LogP contribution < -0.4 is 10.3 Å². The molecule has 35 heavy (non-hydrogen) atoms. The van der Waals surface area contributed by atoms with Crippen LogP contribution in [0.1, 0.15) is 30.5 Å². The molecule has 0 fully saturated rings. The first-order chi connectivity index (χ1) is 17.0. The molecule has 3 aromatic carbocycles. The second-order valence-electron chi connectivity index (χ2n) is 8.17. The molecule has 5 aromatic rings. The standard InChI is InChI=1S/C27H25N5O2S/c1-4-34-21-14-12-20(13-15-21)32-25(19-9-7-8-17(2)16-19)30-31-27(32)35-18(3)24-28-23-11-6-5-10-22(23)26(33)29-24/h5-16,18H,4H2,1-3H3,(H,28,29,33). The quantitative estimate of drug-likeness (QED) is 0.298. The Hall–Kier alpha value is -3.91. The molecular weight excluding hydrogens is 458 g/mol. The average molecular weight is 484 g/mol. The zero-order chi connectivity index (χ0) is 24.4. The molecule has 176 valence electrons. The van der Waals surface area contributed by atoms with Crippen LogP contribution in [0.25, 0.3) is 28.0 Å². The van der Waals surface area contributed by atoms with Gasteiger partial charge in [0.25, 0.3) is 5.56 Å². The summed E-state index contributed by atoms with van der Waals surface area (Å²) in [4.78, 5) is 20.2. The van der Waals surface area contributed by atoms with Gasteiger partial charge in [-0.2, -0.15) is 0 Å². The first kappa shape index (κ1) is 22.9. The van der Waals surface area contributed by atoms with Gasteiger partial charge in [-0.05, 0) is 63.2 Å². The summed E-state index contributed by atoms with van der Waals surface area (Å²) in [5.41, 5.74) is 3.57. The molecule has 0 aliphatic carbocycles. The summed E-state index contributed by atoms with van der Waals surface area (Å²) in [6, 6.07) is 23.4. The molecule has 1 unspecified atom stereocenters. The molecule has 0 aliphatic heterocycles. The van der Waals surface area contributed by atoms with E-state index in [0.717, 1.165) is 28.4 Å². The number of aryl methyl sites for hydroxylation is 1. The fourth-order valence-corrected chi connectivity index (χ4v) is 4.84. The summed E-state index contributed by atoms with van der Waals surface area (Å²) in [6.45, 7) is 6.63. The molecule has 1 N–H and O–H groups in total. The Morgan fingerprint density at radius 1 is 1.03 bits per heavy atom. The number of nitrogens with zero attached hydrogens (tertiary/aromatic N) is 4. The van der Waals surface area contributed by atoms with Gasteiger partial charge in [0.15, 0.2) is 11.0 Å². The molecule has 1 atom stereocenters. The van der Waals surface area contributed by atoms with Gasteiger partial charge in [-0.25, -0.2) is 4.98 Å². The SMILES string of the molecule is CCOc1ccc(-n2c(SC(C)c3nc4ccccc4c(=O)[nH]3)nnc2-c2cccc(C)c2)cc1. The zero-order valence-electron chi connectivity index (χ0n) is 19.7. The highest BCUT2D eigenvalue weighted by Crippen LogP contribution is 2.36. The second-order valence-corrected chi connectivity index (χ2v) is 9.47. The van der Waals surface area contributed by atoms with Gasteiger partial charge in [0.2, 0.25) is 0 Å². The largest absolute Gasteiger partial charge is 0.494 e. The van der Waals surface area contributed by atoms with Crippen molar-refractivity contribution in [1.29, 1.82) is 0 Å². The van der Waals surface area contributed by atoms with Crippen LogP contribution in [0.15, 0.2) is 82.7 Å². The van der Waals surface area contributed by atoms with Crippen LogP contribution >= 0.6 is 11.8 Å².